The second kappa shape index (κ2) is 4.55. The van der Waals surface area contributed by atoms with Crippen molar-refractivity contribution < 1.29 is 9.90 Å². The zero-order valence-electron chi connectivity index (χ0n) is 8.82. The van der Waals surface area contributed by atoms with E-state index in [-0.39, 0.29) is 6.42 Å². The van der Waals surface area contributed by atoms with Crippen LogP contribution >= 0.6 is 15.9 Å². The molecule has 1 aliphatic heterocycles. The Balaban J connectivity index is 2.30. The second-order valence-electron chi connectivity index (χ2n) is 4.02. The molecule has 6 heteroatoms. The molecule has 0 radical (unpaired) electrons. The van der Waals surface area contributed by atoms with Gasteiger partial charge in [0, 0.05) is 6.54 Å². The van der Waals surface area contributed by atoms with Crippen LogP contribution in [-0.4, -0.2) is 20.6 Å². The number of rotatable bonds is 3. The minimum Gasteiger partial charge on any atom is -0.481 e. The van der Waals surface area contributed by atoms with Crippen molar-refractivity contribution in [1.82, 2.24) is 9.55 Å². The minimum atomic E-state index is -0.892. The average molecular weight is 288 g/mol. The van der Waals surface area contributed by atoms with E-state index in [1.165, 1.54) is 0 Å². The normalized spacial score (nSPS) is 16.9. The third-order valence-corrected chi connectivity index (χ3v) is 3.46. The number of aromatic nitrogens is 2. The quantitative estimate of drug-likeness (QED) is 0.882. The van der Waals surface area contributed by atoms with Crippen LogP contribution in [0.4, 0.5) is 0 Å². The van der Waals surface area contributed by atoms with E-state index in [4.69, 9.17) is 10.8 Å². The SMILES string of the molecule is NC(CC(=O)O)c1nc(Br)c2n1CCCC2. The number of hydrogen-bond acceptors (Lipinski definition) is 3. The first-order chi connectivity index (χ1) is 7.59. The van der Waals surface area contributed by atoms with Crippen molar-refractivity contribution in [3.8, 4) is 0 Å². The maximum Gasteiger partial charge on any atom is 0.305 e. The monoisotopic (exact) mass is 287 g/mol. The Bertz CT molecular complexity index is 416. The first-order valence-electron chi connectivity index (χ1n) is 5.31. The Morgan fingerprint density at radius 1 is 1.62 bits per heavy atom. The lowest BCUT2D eigenvalue weighted by molar-refractivity contribution is -0.137. The lowest BCUT2D eigenvalue weighted by Crippen LogP contribution is -2.22. The van der Waals surface area contributed by atoms with E-state index in [1.54, 1.807) is 0 Å². The summed E-state index contributed by atoms with van der Waals surface area (Å²) < 4.78 is 2.87. The van der Waals surface area contributed by atoms with E-state index in [1.807, 2.05) is 0 Å². The number of nitrogens with two attached hydrogens (primary N) is 1. The van der Waals surface area contributed by atoms with Gasteiger partial charge in [0.05, 0.1) is 18.2 Å². The van der Waals surface area contributed by atoms with E-state index in [9.17, 15) is 4.79 Å². The largest absolute Gasteiger partial charge is 0.481 e. The predicted molar refractivity (Wildman–Crippen MR) is 62.0 cm³/mol. The summed E-state index contributed by atoms with van der Waals surface area (Å²) in [6.07, 6.45) is 3.15. The van der Waals surface area contributed by atoms with Crippen molar-refractivity contribution in [1.29, 1.82) is 0 Å². The Morgan fingerprint density at radius 3 is 3.06 bits per heavy atom. The molecule has 0 fully saturated rings. The minimum absolute atomic E-state index is 0.0805. The average Bonchev–Trinajstić information content (AvgIpc) is 2.56. The van der Waals surface area contributed by atoms with Gasteiger partial charge in [0.15, 0.2) is 0 Å². The van der Waals surface area contributed by atoms with Crippen LogP contribution in [0.1, 0.15) is 36.8 Å². The summed E-state index contributed by atoms with van der Waals surface area (Å²) in [4.78, 5) is 15.0. The molecule has 0 aromatic carbocycles. The highest BCUT2D eigenvalue weighted by Gasteiger charge is 2.23. The molecule has 2 rings (SSSR count). The van der Waals surface area contributed by atoms with Crippen LogP contribution in [0.15, 0.2) is 4.60 Å². The van der Waals surface area contributed by atoms with Crippen LogP contribution in [0.3, 0.4) is 0 Å². The maximum absolute atomic E-state index is 10.6. The topological polar surface area (TPSA) is 81.1 Å². The van der Waals surface area contributed by atoms with Crippen LogP contribution in [0, 0.1) is 0 Å². The highest BCUT2D eigenvalue weighted by Crippen LogP contribution is 2.27. The number of carbonyl (C=O) groups is 1. The smallest absolute Gasteiger partial charge is 0.305 e. The van der Waals surface area contributed by atoms with Gasteiger partial charge in [0.25, 0.3) is 0 Å². The zero-order chi connectivity index (χ0) is 11.7. The van der Waals surface area contributed by atoms with Crippen LogP contribution in [0.2, 0.25) is 0 Å². The Kier molecular flexibility index (Phi) is 3.30. The summed E-state index contributed by atoms with van der Waals surface area (Å²) in [5.74, 6) is -0.208. The molecule has 0 spiro atoms. The molecule has 1 aromatic rings. The molecule has 1 unspecified atom stereocenters. The van der Waals surface area contributed by atoms with Gasteiger partial charge in [-0.3, -0.25) is 4.79 Å². The van der Waals surface area contributed by atoms with Crippen molar-refractivity contribution >= 4 is 21.9 Å². The third-order valence-electron chi connectivity index (χ3n) is 2.82. The lowest BCUT2D eigenvalue weighted by atomic mass is 10.1. The van der Waals surface area contributed by atoms with Crippen LogP contribution < -0.4 is 5.73 Å². The molecule has 1 aromatic heterocycles. The molecule has 0 saturated heterocycles. The Morgan fingerprint density at radius 2 is 2.38 bits per heavy atom. The summed E-state index contributed by atoms with van der Waals surface area (Å²) in [6, 6.07) is -0.527. The highest BCUT2D eigenvalue weighted by atomic mass is 79.9. The summed E-state index contributed by atoms with van der Waals surface area (Å²) in [6.45, 7) is 0.886. The van der Waals surface area contributed by atoms with Crippen molar-refractivity contribution in [2.75, 3.05) is 0 Å². The first kappa shape index (κ1) is 11.6. The van der Waals surface area contributed by atoms with E-state index in [0.29, 0.717) is 5.82 Å². The number of carboxylic acids is 1. The first-order valence-corrected chi connectivity index (χ1v) is 6.11. The fourth-order valence-electron chi connectivity index (χ4n) is 2.09. The number of carboxylic acid groups (broad SMARTS) is 1. The summed E-state index contributed by atoms with van der Waals surface area (Å²) in [7, 11) is 0. The van der Waals surface area contributed by atoms with E-state index in [0.717, 1.165) is 36.1 Å². The molecule has 0 aliphatic carbocycles. The van der Waals surface area contributed by atoms with Gasteiger partial charge >= 0.3 is 5.97 Å². The van der Waals surface area contributed by atoms with Gasteiger partial charge < -0.3 is 15.4 Å². The predicted octanol–water partition coefficient (Wildman–Crippen LogP) is 1.46. The number of hydrogen-bond donors (Lipinski definition) is 2. The van der Waals surface area contributed by atoms with Gasteiger partial charge in [0.2, 0.25) is 0 Å². The van der Waals surface area contributed by atoms with Gasteiger partial charge in [-0.05, 0) is 35.2 Å². The van der Waals surface area contributed by atoms with Crippen molar-refractivity contribution in [2.24, 2.45) is 5.73 Å². The molecule has 3 N–H and O–H groups in total. The molecule has 2 heterocycles. The molecule has 5 nitrogen and oxygen atoms in total. The molecule has 0 bridgehead atoms. The van der Waals surface area contributed by atoms with Gasteiger partial charge in [-0.1, -0.05) is 0 Å². The summed E-state index contributed by atoms with van der Waals surface area (Å²) in [5.41, 5.74) is 6.99. The Labute approximate surface area is 102 Å². The molecule has 0 amide bonds. The number of halogens is 1. The van der Waals surface area contributed by atoms with Crippen LogP contribution in [-0.2, 0) is 17.8 Å². The number of aliphatic carboxylic acids is 1. The van der Waals surface area contributed by atoms with Crippen molar-refractivity contribution in [2.45, 2.75) is 38.3 Å². The summed E-state index contributed by atoms with van der Waals surface area (Å²) >= 11 is 3.40. The maximum atomic E-state index is 10.6. The van der Waals surface area contributed by atoms with Gasteiger partial charge in [-0.2, -0.15) is 0 Å². The van der Waals surface area contributed by atoms with Crippen molar-refractivity contribution in [3.63, 3.8) is 0 Å². The van der Waals surface area contributed by atoms with Crippen LogP contribution in [0.5, 0.6) is 0 Å². The molecule has 0 saturated carbocycles. The number of imidazole rings is 1. The van der Waals surface area contributed by atoms with Crippen molar-refractivity contribution in [3.05, 3.63) is 16.1 Å². The lowest BCUT2D eigenvalue weighted by Gasteiger charge is -2.18. The van der Waals surface area contributed by atoms with Crippen LogP contribution in [0.25, 0.3) is 0 Å². The second-order valence-corrected chi connectivity index (χ2v) is 4.77. The highest BCUT2D eigenvalue weighted by molar-refractivity contribution is 9.10. The van der Waals surface area contributed by atoms with Gasteiger partial charge in [-0.25, -0.2) is 4.98 Å². The molecule has 16 heavy (non-hydrogen) atoms. The Hall–Kier alpha value is -0.880. The fraction of sp³-hybridized carbons (Fsp3) is 0.600. The van der Waals surface area contributed by atoms with Gasteiger partial charge in [-0.15, -0.1) is 0 Å². The molecule has 1 aliphatic rings. The molecule has 88 valence electrons. The molecular formula is C10H14BrN3O2. The number of fused-ring (bicyclic) bond motifs is 1. The standard InChI is InChI=1S/C10H14BrN3O2/c11-9-7-3-1-2-4-14(7)10(13-9)6(12)5-8(15)16/h6H,1-5,12H2,(H,15,16). The fourth-order valence-corrected chi connectivity index (χ4v) is 2.68. The molecular weight excluding hydrogens is 274 g/mol. The third kappa shape index (κ3) is 2.12. The van der Waals surface area contributed by atoms with E-state index >= 15 is 0 Å². The molecule has 1 atom stereocenters. The number of nitrogens with zero attached hydrogens (tertiary/aromatic N) is 2. The van der Waals surface area contributed by atoms with E-state index < -0.39 is 12.0 Å². The summed E-state index contributed by atoms with van der Waals surface area (Å²) in [5, 5.41) is 8.73. The van der Waals surface area contributed by atoms with Gasteiger partial charge in [0.1, 0.15) is 10.4 Å². The zero-order valence-corrected chi connectivity index (χ0v) is 10.4. The van der Waals surface area contributed by atoms with E-state index in [2.05, 4.69) is 25.5 Å².